The van der Waals surface area contributed by atoms with Gasteiger partial charge in [-0.2, -0.15) is 0 Å². The van der Waals surface area contributed by atoms with Crippen LogP contribution in [-0.2, 0) is 6.54 Å². The summed E-state index contributed by atoms with van der Waals surface area (Å²) in [6, 6.07) is 17.7. The van der Waals surface area contributed by atoms with E-state index in [9.17, 15) is 9.90 Å². The van der Waals surface area contributed by atoms with Crippen molar-refractivity contribution in [3.8, 4) is 0 Å². The molecule has 1 aliphatic heterocycles. The quantitative estimate of drug-likeness (QED) is 0.388. The van der Waals surface area contributed by atoms with Crippen molar-refractivity contribution >= 4 is 17.7 Å². The number of nitrogens with zero attached hydrogens (tertiary/aromatic N) is 2. The molecule has 0 spiro atoms. The van der Waals surface area contributed by atoms with Crippen molar-refractivity contribution in [1.82, 2.24) is 15.5 Å². The molecule has 0 radical (unpaired) electrons. The molecule has 3 rings (SSSR count). The number of guanidine groups is 1. The van der Waals surface area contributed by atoms with Crippen LogP contribution in [0.3, 0.4) is 0 Å². The highest BCUT2D eigenvalue weighted by Gasteiger charge is 2.17. The van der Waals surface area contributed by atoms with E-state index in [1.54, 1.807) is 0 Å². The number of anilines is 1. The second-order valence-electron chi connectivity index (χ2n) is 7.69. The molecule has 0 saturated carbocycles. The summed E-state index contributed by atoms with van der Waals surface area (Å²) in [6.45, 7) is 5.54. The van der Waals surface area contributed by atoms with Crippen molar-refractivity contribution in [1.29, 1.82) is 0 Å². The van der Waals surface area contributed by atoms with Crippen LogP contribution in [0, 0.1) is 0 Å². The Morgan fingerprint density at radius 1 is 1.10 bits per heavy atom. The maximum atomic E-state index is 12.3. The van der Waals surface area contributed by atoms with Crippen molar-refractivity contribution in [2.45, 2.75) is 32.2 Å². The summed E-state index contributed by atoms with van der Waals surface area (Å²) in [6.07, 6.45) is 2.15. The molecule has 0 aliphatic carbocycles. The summed E-state index contributed by atoms with van der Waals surface area (Å²) >= 11 is 0. The maximum absolute atomic E-state index is 12.3. The Bertz CT molecular complexity index is 850. The number of aliphatic hydroxyl groups excluding tert-OH is 1. The van der Waals surface area contributed by atoms with Gasteiger partial charge in [0, 0.05) is 37.8 Å². The van der Waals surface area contributed by atoms with Crippen molar-refractivity contribution in [3.63, 3.8) is 0 Å². The van der Waals surface area contributed by atoms with Gasteiger partial charge in [0.05, 0.1) is 13.2 Å². The highest BCUT2D eigenvalue weighted by atomic mass is 16.3. The van der Waals surface area contributed by atoms with Crippen LogP contribution in [0.4, 0.5) is 10.5 Å². The lowest BCUT2D eigenvalue weighted by atomic mass is 10.0. The van der Waals surface area contributed by atoms with Gasteiger partial charge in [0.25, 0.3) is 0 Å². The number of hydrogen-bond donors (Lipinski definition) is 4. The van der Waals surface area contributed by atoms with Crippen LogP contribution in [0.2, 0.25) is 0 Å². The molecular formula is C24H33N5O2. The predicted octanol–water partition coefficient (Wildman–Crippen LogP) is 3.15. The first-order valence-corrected chi connectivity index (χ1v) is 11.0. The van der Waals surface area contributed by atoms with Gasteiger partial charge in [-0.25, -0.2) is 9.79 Å². The Labute approximate surface area is 184 Å². The van der Waals surface area contributed by atoms with Crippen molar-refractivity contribution in [2.75, 3.05) is 38.1 Å². The molecule has 2 amide bonds. The minimum Gasteiger partial charge on any atom is -0.396 e. The van der Waals surface area contributed by atoms with E-state index in [1.807, 2.05) is 66.4 Å². The Morgan fingerprint density at radius 3 is 2.58 bits per heavy atom. The molecule has 1 atom stereocenters. The van der Waals surface area contributed by atoms with E-state index in [-0.39, 0.29) is 18.6 Å². The summed E-state index contributed by atoms with van der Waals surface area (Å²) in [5.41, 5.74) is 2.89. The SMILES string of the molecule is CCNC(=NCc1cccc(NC(=O)N2CCCC2)c1)NCC(CO)c1ccccc1. The van der Waals surface area contributed by atoms with Crippen LogP contribution >= 0.6 is 0 Å². The summed E-state index contributed by atoms with van der Waals surface area (Å²) in [5.74, 6) is 0.692. The fourth-order valence-electron chi connectivity index (χ4n) is 3.62. The van der Waals surface area contributed by atoms with Crippen molar-refractivity contribution in [3.05, 3.63) is 65.7 Å². The zero-order valence-corrected chi connectivity index (χ0v) is 18.2. The van der Waals surface area contributed by atoms with Gasteiger partial charge in [-0.15, -0.1) is 0 Å². The van der Waals surface area contributed by atoms with Crippen LogP contribution in [0.15, 0.2) is 59.6 Å². The minimum absolute atomic E-state index is 0.00539. The van der Waals surface area contributed by atoms with E-state index in [4.69, 9.17) is 0 Å². The number of amides is 2. The highest BCUT2D eigenvalue weighted by molar-refractivity contribution is 5.89. The van der Waals surface area contributed by atoms with Crippen molar-refractivity contribution < 1.29 is 9.90 Å². The van der Waals surface area contributed by atoms with Gasteiger partial charge < -0.3 is 26.0 Å². The van der Waals surface area contributed by atoms with E-state index >= 15 is 0 Å². The lowest BCUT2D eigenvalue weighted by Crippen LogP contribution is -2.39. The maximum Gasteiger partial charge on any atom is 0.321 e. The molecule has 166 valence electrons. The standard InChI is InChI=1S/C24H33N5O2/c1-2-25-23(27-17-21(18-30)20-10-4-3-5-11-20)26-16-19-9-8-12-22(15-19)28-24(31)29-13-6-7-14-29/h3-5,8-12,15,21,30H,2,6-7,13-14,16-18H2,1H3,(H,28,31)(H2,25,26,27). The molecule has 7 nitrogen and oxygen atoms in total. The molecule has 4 N–H and O–H groups in total. The first-order chi connectivity index (χ1) is 15.2. The summed E-state index contributed by atoms with van der Waals surface area (Å²) in [5, 5.41) is 19.3. The molecule has 1 aliphatic rings. The fourth-order valence-corrected chi connectivity index (χ4v) is 3.62. The zero-order chi connectivity index (χ0) is 21.9. The number of likely N-dealkylation sites (tertiary alicyclic amines) is 1. The molecule has 1 fully saturated rings. The number of benzene rings is 2. The Morgan fingerprint density at radius 2 is 1.87 bits per heavy atom. The second kappa shape index (κ2) is 12.0. The first kappa shape index (κ1) is 22.6. The lowest BCUT2D eigenvalue weighted by Gasteiger charge is -2.18. The van der Waals surface area contributed by atoms with Crippen molar-refractivity contribution in [2.24, 2.45) is 4.99 Å². The lowest BCUT2D eigenvalue weighted by molar-refractivity contribution is 0.222. The van der Waals surface area contributed by atoms with Gasteiger partial charge in [0.2, 0.25) is 0 Å². The smallest absolute Gasteiger partial charge is 0.321 e. The second-order valence-corrected chi connectivity index (χ2v) is 7.69. The average Bonchev–Trinajstić information content (AvgIpc) is 3.34. The van der Waals surface area contributed by atoms with Gasteiger partial charge >= 0.3 is 6.03 Å². The van der Waals surface area contributed by atoms with E-state index in [0.29, 0.717) is 19.0 Å². The first-order valence-electron chi connectivity index (χ1n) is 11.0. The molecule has 2 aromatic rings. The fraction of sp³-hybridized carbons (Fsp3) is 0.417. The third-order valence-electron chi connectivity index (χ3n) is 5.34. The monoisotopic (exact) mass is 423 g/mol. The predicted molar refractivity (Wildman–Crippen MR) is 125 cm³/mol. The Balaban J connectivity index is 1.58. The zero-order valence-electron chi connectivity index (χ0n) is 18.2. The normalized spacial score (nSPS) is 14.9. The molecule has 2 aromatic carbocycles. The third-order valence-corrected chi connectivity index (χ3v) is 5.34. The molecule has 0 bridgehead atoms. The number of nitrogens with one attached hydrogen (secondary N) is 3. The number of carbonyl (C=O) groups is 1. The van der Waals surface area contributed by atoms with Gasteiger partial charge in [-0.3, -0.25) is 0 Å². The molecular weight excluding hydrogens is 390 g/mol. The molecule has 1 unspecified atom stereocenters. The largest absolute Gasteiger partial charge is 0.396 e. The number of aliphatic imine (C=N–C) groups is 1. The molecule has 0 aromatic heterocycles. The van der Waals surface area contributed by atoms with Crippen LogP contribution in [0.5, 0.6) is 0 Å². The van der Waals surface area contributed by atoms with Crippen LogP contribution in [0.25, 0.3) is 0 Å². The van der Waals surface area contributed by atoms with Crippen LogP contribution < -0.4 is 16.0 Å². The van der Waals surface area contributed by atoms with E-state index in [1.165, 1.54) is 0 Å². The van der Waals surface area contributed by atoms with Gasteiger partial charge in [-0.1, -0.05) is 42.5 Å². The Hall–Kier alpha value is -3.06. The topological polar surface area (TPSA) is 89.0 Å². The van der Waals surface area contributed by atoms with E-state index in [2.05, 4.69) is 20.9 Å². The summed E-state index contributed by atoms with van der Waals surface area (Å²) in [7, 11) is 0. The molecule has 7 heteroatoms. The molecule has 1 saturated heterocycles. The van der Waals surface area contributed by atoms with E-state index < -0.39 is 0 Å². The number of urea groups is 1. The Kier molecular flexibility index (Phi) is 8.72. The van der Waals surface area contributed by atoms with Gasteiger partial charge in [0.15, 0.2) is 5.96 Å². The van der Waals surface area contributed by atoms with Crippen LogP contribution in [-0.4, -0.2) is 54.8 Å². The summed E-state index contributed by atoms with van der Waals surface area (Å²) in [4.78, 5) is 18.8. The molecule has 31 heavy (non-hydrogen) atoms. The number of aliphatic hydroxyl groups is 1. The highest BCUT2D eigenvalue weighted by Crippen LogP contribution is 2.15. The number of rotatable bonds is 8. The van der Waals surface area contributed by atoms with Crippen LogP contribution in [0.1, 0.15) is 36.8 Å². The number of hydrogen-bond acceptors (Lipinski definition) is 3. The summed E-state index contributed by atoms with van der Waals surface area (Å²) < 4.78 is 0. The minimum atomic E-state index is -0.0379. The molecule has 1 heterocycles. The average molecular weight is 424 g/mol. The number of carbonyl (C=O) groups excluding carboxylic acids is 1. The van der Waals surface area contributed by atoms with Gasteiger partial charge in [0.1, 0.15) is 0 Å². The third kappa shape index (κ3) is 7.00. The van der Waals surface area contributed by atoms with E-state index in [0.717, 1.165) is 49.3 Å². The van der Waals surface area contributed by atoms with Gasteiger partial charge in [-0.05, 0) is 43.0 Å².